The molecule has 1 fully saturated rings. The van der Waals surface area contributed by atoms with Crippen molar-refractivity contribution in [3.05, 3.63) is 66.4 Å². The van der Waals surface area contributed by atoms with Gasteiger partial charge in [0.05, 0.1) is 5.52 Å². The van der Waals surface area contributed by atoms with Crippen molar-refractivity contribution in [3.8, 4) is 11.3 Å². The predicted molar refractivity (Wildman–Crippen MR) is 111 cm³/mol. The van der Waals surface area contributed by atoms with Crippen molar-refractivity contribution in [2.45, 2.75) is 19.3 Å². The zero-order valence-corrected chi connectivity index (χ0v) is 15.9. The van der Waals surface area contributed by atoms with E-state index in [1.165, 1.54) is 0 Å². The van der Waals surface area contributed by atoms with Crippen molar-refractivity contribution in [1.29, 1.82) is 0 Å². The molecule has 1 amide bonds. The lowest BCUT2D eigenvalue weighted by Crippen LogP contribution is -2.37. The first-order valence-corrected chi connectivity index (χ1v) is 9.87. The molecule has 3 aromatic rings. The van der Waals surface area contributed by atoms with Crippen LogP contribution in [-0.4, -0.2) is 45.2 Å². The minimum atomic E-state index is 0.0386. The fourth-order valence-corrected chi connectivity index (χ4v) is 3.88. The van der Waals surface area contributed by atoms with Crippen LogP contribution in [0, 0.1) is 5.92 Å². The van der Waals surface area contributed by atoms with Crippen molar-refractivity contribution in [2.24, 2.45) is 5.92 Å². The second-order valence-corrected chi connectivity index (χ2v) is 7.27. The van der Waals surface area contributed by atoms with Gasteiger partial charge in [0.1, 0.15) is 5.69 Å². The fraction of sp³-hybridized carbons (Fsp3) is 0.304. The third-order valence-electron chi connectivity index (χ3n) is 5.48. The van der Waals surface area contributed by atoms with E-state index in [1.807, 2.05) is 70.2 Å². The zero-order valence-electron chi connectivity index (χ0n) is 15.9. The summed E-state index contributed by atoms with van der Waals surface area (Å²) in [7, 11) is 0. The number of aliphatic hydroxyl groups excluding tert-OH is 1. The van der Waals surface area contributed by atoms with Crippen molar-refractivity contribution in [3.63, 3.8) is 0 Å². The lowest BCUT2D eigenvalue weighted by Gasteiger charge is -2.31. The molecule has 2 aromatic heterocycles. The van der Waals surface area contributed by atoms with Crippen LogP contribution in [0.2, 0.25) is 0 Å². The van der Waals surface area contributed by atoms with Gasteiger partial charge in [0.25, 0.3) is 0 Å². The molecule has 1 aromatic carbocycles. The Morgan fingerprint density at radius 1 is 1.11 bits per heavy atom. The van der Waals surface area contributed by atoms with Gasteiger partial charge in [-0.25, -0.2) is 4.52 Å². The van der Waals surface area contributed by atoms with Crippen molar-refractivity contribution >= 4 is 17.5 Å². The highest BCUT2D eigenvalue weighted by atomic mass is 16.3. The van der Waals surface area contributed by atoms with Gasteiger partial charge in [-0.3, -0.25) is 4.79 Å². The number of amides is 1. The van der Waals surface area contributed by atoms with Crippen LogP contribution in [0.1, 0.15) is 24.8 Å². The van der Waals surface area contributed by atoms with Crippen LogP contribution >= 0.6 is 0 Å². The number of carbonyl (C=O) groups is 1. The summed E-state index contributed by atoms with van der Waals surface area (Å²) in [5, 5.41) is 13.8. The van der Waals surface area contributed by atoms with Crippen LogP contribution in [0.4, 0.5) is 0 Å². The molecule has 5 heteroatoms. The molecule has 0 saturated carbocycles. The maximum absolute atomic E-state index is 12.7. The van der Waals surface area contributed by atoms with E-state index >= 15 is 0 Å². The summed E-state index contributed by atoms with van der Waals surface area (Å²) in [6, 6.07) is 16.0. The van der Waals surface area contributed by atoms with E-state index in [0.29, 0.717) is 5.92 Å². The number of carbonyl (C=O) groups excluding carboxylic acids is 1. The number of likely N-dealkylation sites (tertiary alicyclic amines) is 1. The van der Waals surface area contributed by atoms with Gasteiger partial charge < -0.3 is 10.0 Å². The lowest BCUT2D eigenvalue weighted by atomic mass is 9.94. The molecule has 1 saturated heterocycles. The van der Waals surface area contributed by atoms with Gasteiger partial charge in [-0.05, 0) is 43.4 Å². The highest BCUT2D eigenvalue weighted by Gasteiger charge is 2.21. The number of piperidine rings is 1. The van der Waals surface area contributed by atoms with Crippen LogP contribution in [0.15, 0.2) is 60.8 Å². The van der Waals surface area contributed by atoms with Crippen LogP contribution in [0.3, 0.4) is 0 Å². The molecule has 1 aliphatic heterocycles. The Kier molecular flexibility index (Phi) is 5.53. The number of fused-ring (bicyclic) bond motifs is 1. The van der Waals surface area contributed by atoms with Gasteiger partial charge in [0.15, 0.2) is 0 Å². The van der Waals surface area contributed by atoms with E-state index in [4.69, 9.17) is 10.2 Å². The van der Waals surface area contributed by atoms with E-state index in [2.05, 4.69) is 0 Å². The van der Waals surface area contributed by atoms with E-state index in [9.17, 15) is 4.79 Å². The van der Waals surface area contributed by atoms with E-state index in [0.717, 1.165) is 54.7 Å². The first-order valence-electron chi connectivity index (χ1n) is 9.87. The molecule has 0 spiro atoms. The van der Waals surface area contributed by atoms with Crippen molar-refractivity contribution in [2.75, 3.05) is 19.7 Å². The normalized spacial score (nSPS) is 15.5. The third kappa shape index (κ3) is 3.85. The highest BCUT2D eigenvalue weighted by Crippen LogP contribution is 2.27. The summed E-state index contributed by atoms with van der Waals surface area (Å²) in [6.07, 6.45) is 8.25. The Labute approximate surface area is 164 Å². The second-order valence-electron chi connectivity index (χ2n) is 7.27. The molecular formula is C23H25N3O2. The Balaban J connectivity index is 1.58. The summed E-state index contributed by atoms with van der Waals surface area (Å²) in [5.41, 5.74) is 3.84. The molecule has 5 nitrogen and oxygen atoms in total. The average molecular weight is 375 g/mol. The minimum absolute atomic E-state index is 0.0386. The number of pyridine rings is 1. The summed E-state index contributed by atoms with van der Waals surface area (Å²) in [6.45, 7) is 1.75. The quantitative estimate of drug-likeness (QED) is 0.693. The van der Waals surface area contributed by atoms with Gasteiger partial charge in [-0.2, -0.15) is 5.10 Å². The molecule has 1 N–H and O–H groups in total. The van der Waals surface area contributed by atoms with E-state index < -0.39 is 0 Å². The smallest absolute Gasteiger partial charge is 0.246 e. The predicted octanol–water partition coefficient (Wildman–Crippen LogP) is 3.64. The molecule has 0 unspecified atom stereocenters. The van der Waals surface area contributed by atoms with E-state index in [1.54, 1.807) is 6.08 Å². The van der Waals surface area contributed by atoms with Crippen LogP contribution < -0.4 is 0 Å². The summed E-state index contributed by atoms with van der Waals surface area (Å²) in [5.74, 6) is 0.569. The number of aliphatic hydroxyl groups is 1. The van der Waals surface area contributed by atoms with Crippen molar-refractivity contribution in [1.82, 2.24) is 14.5 Å². The monoisotopic (exact) mass is 375 g/mol. The Bertz CT molecular complexity index is 970. The minimum Gasteiger partial charge on any atom is -0.396 e. The average Bonchev–Trinajstić information content (AvgIpc) is 3.12. The first-order chi connectivity index (χ1) is 13.8. The Morgan fingerprint density at radius 2 is 1.86 bits per heavy atom. The molecule has 28 heavy (non-hydrogen) atoms. The number of hydrogen-bond acceptors (Lipinski definition) is 3. The van der Waals surface area contributed by atoms with E-state index in [-0.39, 0.29) is 12.5 Å². The SMILES string of the molecule is O=C(C=Cc1c(-c2ccccc2)nn2ccccc12)N1CCC(CCO)CC1. The molecular weight excluding hydrogens is 350 g/mol. The number of hydrogen-bond donors (Lipinski definition) is 1. The fourth-order valence-electron chi connectivity index (χ4n) is 3.88. The van der Waals surface area contributed by atoms with Gasteiger partial charge in [0.2, 0.25) is 5.91 Å². The van der Waals surface area contributed by atoms with Gasteiger partial charge in [-0.15, -0.1) is 0 Å². The first kappa shape index (κ1) is 18.4. The topological polar surface area (TPSA) is 57.8 Å². The summed E-state index contributed by atoms with van der Waals surface area (Å²) in [4.78, 5) is 14.6. The maximum atomic E-state index is 12.7. The number of aromatic nitrogens is 2. The molecule has 144 valence electrons. The molecule has 0 atom stereocenters. The summed E-state index contributed by atoms with van der Waals surface area (Å²) < 4.78 is 1.85. The number of rotatable bonds is 5. The Hall–Kier alpha value is -2.92. The van der Waals surface area contributed by atoms with Gasteiger partial charge in [-0.1, -0.05) is 36.4 Å². The largest absolute Gasteiger partial charge is 0.396 e. The molecule has 3 heterocycles. The zero-order chi connectivity index (χ0) is 19.3. The van der Waals surface area contributed by atoms with Gasteiger partial charge in [0, 0.05) is 43.1 Å². The number of benzene rings is 1. The standard InChI is InChI=1S/C23H25N3O2/c27-17-13-18-11-15-25(16-12-18)22(28)10-9-20-21-8-4-5-14-26(21)24-23(20)19-6-2-1-3-7-19/h1-10,14,18,27H,11-13,15-17H2. The Morgan fingerprint density at radius 3 is 2.61 bits per heavy atom. The third-order valence-corrected chi connectivity index (χ3v) is 5.48. The van der Waals surface area contributed by atoms with Crippen LogP contribution in [0.5, 0.6) is 0 Å². The molecule has 0 radical (unpaired) electrons. The highest BCUT2D eigenvalue weighted by molar-refractivity contribution is 5.95. The van der Waals surface area contributed by atoms with Crippen LogP contribution in [-0.2, 0) is 4.79 Å². The second kappa shape index (κ2) is 8.40. The maximum Gasteiger partial charge on any atom is 0.246 e. The van der Waals surface area contributed by atoms with Gasteiger partial charge >= 0.3 is 0 Å². The number of nitrogens with zero attached hydrogens (tertiary/aromatic N) is 3. The molecule has 0 aliphatic carbocycles. The molecule has 0 bridgehead atoms. The summed E-state index contributed by atoms with van der Waals surface area (Å²) >= 11 is 0. The molecule has 1 aliphatic rings. The van der Waals surface area contributed by atoms with Crippen LogP contribution in [0.25, 0.3) is 22.9 Å². The molecule has 4 rings (SSSR count). The van der Waals surface area contributed by atoms with Crippen molar-refractivity contribution < 1.29 is 9.90 Å². The lowest BCUT2D eigenvalue weighted by molar-refractivity contribution is -0.127.